The van der Waals surface area contributed by atoms with Crippen LogP contribution in [0.15, 0.2) is 109 Å². The lowest BCUT2D eigenvalue weighted by Gasteiger charge is -2.24. The Balaban J connectivity index is 1.63. The number of thioether (sulfide) groups is 1. The molecule has 13 heteroatoms. The summed E-state index contributed by atoms with van der Waals surface area (Å²) in [5.41, 5.74) is 2.90. The van der Waals surface area contributed by atoms with Gasteiger partial charge in [0.05, 0.1) is 7.11 Å². The summed E-state index contributed by atoms with van der Waals surface area (Å²) in [4.78, 5) is 81.4. The summed E-state index contributed by atoms with van der Waals surface area (Å²) in [6, 6.07) is 28.2. The monoisotopic (exact) mass is 807 g/mol. The smallest absolute Gasteiger partial charge is 0.328 e. The first kappa shape index (κ1) is 44.8. The molecule has 5 amide bonds. The van der Waals surface area contributed by atoms with Crippen molar-refractivity contribution in [3.05, 3.63) is 131 Å². The summed E-state index contributed by atoms with van der Waals surface area (Å²) in [7, 11) is 2.76. The molecule has 0 fully saturated rings. The number of benzene rings is 4. The largest absolute Gasteiger partial charge is 0.467 e. The Morgan fingerprint density at radius 1 is 0.569 bits per heavy atom. The zero-order chi connectivity index (χ0) is 42.0. The van der Waals surface area contributed by atoms with Gasteiger partial charge in [-0.1, -0.05) is 111 Å². The van der Waals surface area contributed by atoms with Crippen molar-refractivity contribution in [2.45, 2.75) is 63.7 Å². The molecule has 4 atom stereocenters. The van der Waals surface area contributed by atoms with Crippen LogP contribution in [0, 0.1) is 5.92 Å². The molecule has 4 aromatic rings. The van der Waals surface area contributed by atoms with E-state index in [1.165, 1.54) is 25.9 Å². The second-order valence-corrected chi connectivity index (χ2v) is 15.2. The molecule has 0 aromatic heterocycles. The van der Waals surface area contributed by atoms with Crippen LogP contribution in [0.5, 0.6) is 0 Å². The van der Waals surface area contributed by atoms with Crippen LogP contribution in [0.25, 0.3) is 11.1 Å². The van der Waals surface area contributed by atoms with E-state index in [2.05, 4.69) is 26.6 Å². The third-order valence-corrected chi connectivity index (χ3v) is 10.1. The number of carbonyl (C=O) groups is 6. The zero-order valence-electron chi connectivity index (χ0n) is 33.6. The van der Waals surface area contributed by atoms with E-state index in [0.717, 1.165) is 11.1 Å². The number of methoxy groups -OCH3 is 1. The number of nitrogens with one attached hydrogen (secondary N) is 5. The topological polar surface area (TPSA) is 172 Å². The molecule has 0 saturated carbocycles. The maximum atomic E-state index is 14.3. The molecule has 0 radical (unpaired) electrons. The maximum absolute atomic E-state index is 14.3. The molecule has 4 aromatic carbocycles. The SMILES string of the molecule is CNC(=O)[C@@H](Cc1ccccc1)NC(=O)[C@H](Cc1ccccc1)NC(=O)c1ccccc1-c1ccccc1C(=O)N[C@@H](CC(C)C)C(=O)N[C@@H](CCSC)C(=O)OC. The van der Waals surface area contributed by atoms with Crippen molar-refractivity contribution in [3.8, 4) is 11.1 Å². The fourth-order valence-corrected chi connectivity index (χ4v) is 6.94. The van der Waals surface area contributed by atoms with E-state index in [0.29, 0.717) is 29.7 Å². The lowest BCUT2D eigenvalue weighted by molar-refractivity contribution is -0.145. The average molecular weight is 808 g/mol. The third kappa shape index (κ3) is 13.1. The number of carbonyl (C=O) groups excluding carboxylic acids is 6. The summed E-state index contributed by atoms with van der Waals surface area (Å²) < 4.78 is 4.91. The number of hydrogen-bond acceptors (Lipinski definition) is 8. The Morgan fingerprint density at radius 3 is 1.47 bits per heavy atom. The molecule has 5 N–H and O–H groups in total. The molecule has 0 aliphatic carbocycles. The fourth-order valence-electron chi connectivity index (χ4n) is 6.47. The second-order valence-electron chi connectivity index (χ2n) is 14.2. The Hall–Kier alpha value is -5.95. The molecule has 0 bridgehead atoms. The molecule has 0 spiro atoms. The predicted molar refractivity (Wildman–Crippen MR) is 227 cm³/mol. The molecule has 58 heavy (non-hydrogen) atoms. The average Bonchev–Trinajstić information content (AvgIpc) is 3.24. The van der Waals surface area contributed by atoms with Crippen molar-refractivity contribution in [3.63, 3.8) is 0 Å². The van der Waals surface area contributed by atoms with E-state index in [4.69, 9.17) is 4.74 Å². The van der Waals surface area contributed by atoms with Crippen LogP contribution in [-0.4, -0.2) is 85.8 Å². The van der Waals surface area contributed by atoms with Gasteiger partial charge in [0.25, 0.3) is 11.8 Å². The number of amides is 5. The van der Waals surface area contributed by atoms with Crippen LogP contribution in [0.1, 0.15) is 58.5 Å². The van der Waals surface area contributed by atoms with Gasteiger partial charge in [-0.05, 0) is 65.2 Å². The van der Waals surface area contributed by atoms with E-state index in [-0.39, 0.29) is 35.8 Å². The van der Waals surface area contributed by atoms with E-state index in [1.54, 1.807) is 48.5 Å². The number of ether oxygens (including phenoxy) is 1. The van der Waals surface area contributed by atoms with Gasteiger partial charge in [-0.15, -0.1) is 0 Å². The first-order valence-electron chi connectivity index (χ1n) is 19.2. The first-order chi connectivity index (χ1) is 27.9. The van der Waals surface area contributed by atoms with E-state index in [1.807, 2.05) is 80.8 Å². The van der Waals surface area contributed by atoms with Crippen molar-refractivity contribution < 1.29 is 33.5 Å². The Labute approximate surface area is 344 Å². The van der Waals surface area contributed by atoms with Gasteiger partial charge in [0.15, 0.2) is 0 Å². The zero-order valence-corrected chi connectivity index (χ0v) is 34.4. The Bertz CT molecular complexity index is 2010. The van der Waals surface area contributed by atoms with Crippen LogP contribution in [0.4, 0.5) is 0 Å². The Morgan fingerprint density at radius 2 is 1.00 bits per heavy atom. The fraction of sp³-hybridized carbons (Fsp3) is 0.333. The van der Waals surface area contributed by atoms with Crippen LogP contribution >= 0.6 is 11.8 Å². The van der Waals surface area contributed by atoms with Gasteiger partial charge in [-0.25, -0.2) is 4.79 Å². The highest BCUT2D eigenvalue weighted by Gasteiger charge is 2.31. The lowest BCUT2D eigenvalue weighted by Crippen LogP contribution is -2.54. The van der Waals surface area contributed by atoms with Crippen LogP contribution < -0.4 is 26.6 Å². The highest BCUT2D eigenvalue weighted by molar-refractivity contribution is 7.98. The molecule has 0 aliphatic rings. The van der Waals surface area contributed by atoms with Crippen LogP contribution in [0.2, 0.25) is 0 Å². The quantitative estimate of drug-likeness (QED) is 0.0799. The Kier molecular flexibility index (Phi) is 17.5. The molecule has 4 rings (SSSR count). The third-order valence-electron chi connectivity index (χ3n) is 9.44. The van der Waals surface area contributed by atoms with Gasteiger partial charge in [0, 0.05) is 31.0 Å². The maximum Gasteiger partial charge on any atom is 0.328 e. The van der Waals surface area contributed by atoms with Gasteiger partial charge in [-0.2, -0.15) is 11.8 Å². The molecule has 0 saturated heterocycles. The van der Waals surface area contributed by atoms with Crippen LogP contribution in [0.3, 0.4) is 0 Å². The van der Waals surface area contributed by atoms with Crippen molar-refractivity contribution >= 4 is 47.3 Å². The normalized spacial score (nSPS) is 12.9. The van der Waals surface area contributed by atoms with E-state index < -0.39 is 53.8 Å². The molecule has 306 valence electrons. The molecule has 0 heterocycles. The minimum atomic E-state index is -1.08. The standard InChI is InChI=1S/C45H53N5O7S/c1-29(2)26-37(43(54)47-36(24-25-58-5)45(56)57-4)48-40(51)34-22-14-12-20-32(34)33-21-13-15-23-35(33)41(52)49-39(28-31-18-10-7-11-19-31)44(55)50-38(42(53)46-3)27-30-16-8-6-9-17-30/h6-23,29,36-39H,24-28H2,1-5H3,(H,46,53)(H,47,54)(H,48,51)(H,49,52)(H,50,55)/t36-,37-,38+,39-/m0/s1. The van der Waals surface area contributed by atoms with Crippen molar-refractivity contribution in [1.82, 2.24) is 26.6 Å². The van der Waals surface area contributed by atoms with E-state index in [9.17, 15) is 28.8 Å². The minimum Gasteiger partial charge on any atom is -0.467 e. The molecule has 0 aliphatic heterocycles. The van der Waals surface area contributed by atoms with Crippen LogP contribution in [-0.2, 0) is 36.8 Å². The van der Waals surface area contributed by atoms with Crippen molar-refractivity contribution in [2.24, 2.45) is 5.92 Å². The number of rotatable bonds is 20. The molecule has 0 unspecified atom stereocenters. The summed E-state index contributed by atoms with van der Waals surface area (Å²) in [5, 5.41) is 14.0. The second kappa shape index (κ2) is 22.7. The number of likely N-dealkylation sites (N-methyl/N-ethyl adjacent to an activating group) is 1. The van der Waals surface area contributed by atoms with E-state index >= 15 is 0 Å². The first-order valence-corrected chi connectivity index (χ1v) is 20.6. The predicted octanol–water partition coefficient (Wildman–Crippen LogP) is 4.72. The molecular formula is C45H53N5O7S. The van der Waals surface area contributed by atoms with Crippen molar-refractivity contribution in [2.75, 3.05) is 26.2 Å². The lowest BCUT2D eigenvalue weighted by atomic mass is 9.93. The minimum absolute atomic E-state index is 0.0181. The molecule has 12 nitrogen and oxygen atoms in total. The van der Waals surface area contributed by atoms with Gasteiger partial charge in [0.2, 0.25) is 17.7 Å². The summed E-state index contributed by atoms with van der Waals surface area (Å²) >= 11 is 1.53. The van der Waals surface area contributed by atoms with Gasteiger partial charge in [-0.3, -0.25) is 24.0 Å². The highest BCUT2D eigenvalue weighted by Crippen LogP contribution is 2.28. The molecular weight excluding hydrogens is 755 g/mol. The summed E-state index contributed by atoms with van der Waals surface area (Å²) in [6.45, 7) is 3.85. The highest BCUT2D eigenvalue weighted by atomic mass is 32.2. The number of hydrogen-bond donors (Lipinski definition) is 5. The number of esters is 1. The summed E-state index contributed by atoms with van der Waals surface area (Å²) in [5.74, 6) is -2.50. The van der Waals surface area contributed by atoms with Crippen molar-refractivity contribution in [1.29, 1.82) is 0 Å². The summed E-state index contributed by atoms with van der Waals surface area (Å²) in [6.07, 6.45) is 2.93. The van der Waals surface area contributed by atoms with Gasteiger partial charge >= 0.3 is 5.97 Å². The van der Waals surface area contributed by atoms with Gasteiger partial charge < -0.3 is 31.3 Å². The van der Waals surface area contributed by atoms with Gasteiger partial charge in [0.1, 0.15) is 24.2 Å².